The van der Waals surface area contributed by atoms with Crippen LogP contribution in [0.2, 0.25) is 0 Å². The Bertz CT molecular complexity index is 186. The Balaban J connectivity index is 3.67. The number of thioether (sulfide) groups is 1. The lowest BCUT2D eigenvalue weighted by Gasteiger charge is -2.23. The van der Waals surface area contributed by atoms with Gasteiger partial charge in [0.05, 0.1) is 5.60 Å². The molecule has 0 aromatic rings. The van der Waals surface area contributed by atoms with Crippen molar-refractivity contribution in [3.8, 4) is 0 Å². The topological polar surface area (TPSA) is 58.6 Å². The Morgan fingerprint density at radius 3 is 2.80 bits per heavy atom. The largest absolute Gasteiger partial charge is 0.388 e. The maximum Gasteiger partial charge on any atom is 0.246 e. The second-order valence-electron chi connectivity index (χ2n) is 3.65. The number of ether oxygens (including phenoxy) is 1. The maximum absolute atomic E-state index is 11.2. The number of carbonyl (C=O) groups is 1. The van der Waals surface area contributed by atoms with E-state index in [0.717, 1.165) is 5.75 Å². The number of nitrogens with one attached hydrogen (secondary N) is 1. The summed E-state index contributed by atoms with van der Waals surface area (Å²) in [6.45, 7) is 4.43. The minimum Gasteiger partial charge on any atom is -0.388 e. The van der Waals surface area contributed by atoms with Crippen LogP contribution in [0.15, 0.2) is 0 Å². The fourth-order valence-electron chi connectivity index (χ4n) is 0.945. The molecule has 15 heavy (non-hydrogen) atoms. The highest BCUT2D eigenvalue weighted by atomic mass is 32.2. The second kappa shape index (κ2) is 7.96. The van der Waals surface area contributed by atoms with Crippen LogP contribution in [0, 0.1) is 0 Å². The van der Waals surface area contributed by atoms with Crippen LogP contribution in [-0.2, 0) is 9.53 Å². The minimum absolute atomic E-state index is 0.0646. The summed E-state index contributed by atoms with van der Waals surface area (Å²) in [6.07, 6.45) is 2.66. The molecule has 1 unspecified atom stereocenters. The molecular formula is C10H21NO3S. The van der Waals surface area contributed by atoms with E-state index < -0.39 is 5.60 Å². The average molecular weight is 235 g/mol. The van der Waals surface area contributed by atoms with E-state index in [0.29, 0.717) is 13.0 Å². The third-order valence-electron chi connectivity index (χ3n) is 1.95. The van der Waals surface area contributed by atoms with Gasteiger partial charge in [-0.3, -0.25) is 4.79 Å². The van der Waals surface area contributed by atoms with E-state index in [4.69, 9.17) is 4.74 Å². The highest BCUT2D eigenvalue weighted by Crippen LogP contribution is 2.11. The molecule has 0 radical (unpaired) electrons. The molecular weight excluding hydrogens is 214 g/mol. The zero-order valence-corrected chi connectivity index (χ0v) is 10.5. The van der Waals surface area contributed by atoms with Crippen LogP contribution in [0.3, 0.4) is 0 Å². The third-order valence-corrected chi connectivity index (χ3v) is 2.56. The predicted octanol–water partition coefficient (Wildman–Crippen LogP) is 0.643. The van der Waals surface area contributed by atoms with Crippen LogP contribution in [0.1, 0.15) is 20.3 Å². The van der Waals surface area contributed by atoms with E-state index >= 15 is 0 Å². The summed E-state index contributed by atoms with van der Waals surface area (Å²) in [6, 6.07) is 0. The summed E-state index contributed by atoms with van der Waals surface area (Å²) >= 11 is 1.68. The van der Waals surface area contributed by atoms with Gasteiger partial charge in [0.15, 0.2) is 0 Å². The van der Waals surface area contributed by atoms with Crippen molar-refractivity contribution >= 4 is 17.7 Å². The molecule has 0 aromatic carbocycles. The molecule has 0 aliphatic carbocycles. The summed E-state index contributed by atoms with van der Waals surface area (Å²) < 4.78 is 4.94. The molecule has 0 bridgehead atoms. The minimum atomic E-state index is -0.828. The molecule has 2 N–H and O–H groups in total. The molecule has 0 aliphatic rings. The molecule has 0 saturated heterocycles. The van der Waals surface area contributed by atoms with Crippen LogP contribution in [0.5, 0.6) is 0 Å². The van der Waals surface area contributed by atoms with Gasteiger partial charge in [-0.2, -0.15) is 11.8 Å². The van der Waals surface area contributed by atoms with Crippen molar-refractivity contribution in [1.29, 1.82) is 0 Å². The maximum atomic E-state index is 11.2. The average Bonchev–Trinajstić information content (AvgIpc) is 2.21. The second-order valence-corrected chi connectivity index (χ2v) is 4.64. The SMILES string of the molecule is CCOCC(=O)NCC(C)(O)CCSC. The molecule has 4 nitrogen and oxygen atoms in total. The zero-order chi connectivity index (χ0) is 11.7. The molecule has 0 fully saturated rings. The molecule has 1 amide bonds. The first-order valence-electron chi connectivity index (χ1n) is 5.07. The van der Waals surface area contributed by atoms with Gasteiger partial charge in [-0.05, 0) is 32.3 Å². The molecule has 0 spiro atoms. The van der Waals surface area contributed by atoms with Crippen molar-refractivity contribution in [3.63, 3.8) is 0 Å². The van der Waals surface area contributed by atoms with E-state index in [9.17, 15) is 9.90 Å². The quantitative estimate of drug-likeness (QED) is 0.648. The summed E-state index contributed by atoms with van der Waals surface area (Å²) in [4.78, 5) is 11.2. The first-order valence-corrected chi connectivity index (χ1v) is 6.47. The smallest absolute Gasteiger partial charge is 0.246 e. The van der Waals surface area contributed by atoms with Gasteiger partial charge in [0.1, 0.15) is 6.61 Å². The monoisotopic (exact) mass is 235 g/mol. The summed E-state index contributed by atoms with van der Waals surface area (Å²) in [5, 5.41) is 12.5. The predicted molar refractivity (Wildman–Crippen MR) is 63.1 cm³/mol. The van der Waals surface area contributed by atoms with Crippen LogP contribution < -0.4 is 5.32 Å². The van der Waals surface area contributed by atoms with Gasteiger partial charge in [0.2, 0.25) is 5.91 Å². The Kier molecular flexibility index (Phi) is 7.82. The van der Waals surface area contributed by atoms with Crippen molar-refractivity contribution in [2.45, 2.75) is 25.9 Å². The lowest BCUT2D eigenvalue weighted by Crippen LogP contribution is -2.42. The molecule has 0 aliphatic heterocycles. The first-order chi connectivity index (χ1) is 7.02. The van der Waals surface area contributed by atoms with Crippen LogP contribution in [-0.4, -0.2) is 48.4 Å². The Hall–Kier alpha value is -0.260. The summed E-state index contributed by atoms with van der Waals surface area (Å²) in [7, 11) is 0. The molecule has 5 heteroatoms. The van der Waals surface area contributed by atoms with E-state index in [1.54, 1.807) is 18.7 Å². The first kappa shape index (κ1) is 14.7. The number of amides is 1. The molecule has 1 atom stereocenters. The number of hydrogen-bond donors (Lipinski definition) is 2. The Morgan fingerprint density at radius 2 is 2.27 bits per heavy atom. The van der Waals surface area contributed by atoms with Gasteiger partial charge in [0, 0.05) is 13.2 Å². The van der Waals surface area contributed by atoms with E-state index in [1.807, 2.05) is 13.2 Å². The van der Waals surface area contributed by atoms with Gasteiger partial charge in [-0.15, -0.1) is 0 Å². The number of carbonyl (C=O) groups excluding carboxylic acids is 1. The highest BCUT2D eigenvalue weighted by molar-refractivity contribution is 7.98. The van der Waals surface area contributed by atoms with Gasteiger partial charge < -0.3 is 15.2 Å². The van der Waals surface area contributed by atoms with Gasteiger partial charge in [0.25, 0.3) is 0 Å². The number of hydrogen-bond acceptors (Lipinski definition) is 4. The lowest BCUT2D eigenvalue weighted by molar-refractivity contribution is -0.126. The standard InChI is InChI=1S/C10H21NO3S/c1-4-14-7-9(12)11-8-10(2,13)5-6-15-3/h13H,4-8H2,1-3H3,(H,11,12). The molecule has 90 valence electrons. The van der Waals surface area contributed by atoms with Crippen LogP contribution in [0.25, 0.3) is 0 Å². The Morgan fingerprint density at radius 1 is 1.60 bits per heavy atom. The fourth-order valence-corrected chi connectivity index (χ4v) is 1.59. The fraction of sp³-hybridized carbons (Fsp3) is 0.900. The normalized spacial score (nSPS) is 14.7. The number of rotatable bonds is 8. The van der Waals surface area contributed by atoms with Gasteiger partial charge in [-0.25, -0.2) is 0 Å². The summed E-state index contributed by atoms with van der Waals surface area (Å²) in [5.74, 6) is 0.704. The van der Waals surface area contributed by atoms with E-state index in [1.165, 1.54) is 0 Å². The Labute approximate surface area is 95.8 Å². The number of aliphatic hydroxyl groups is 1. The van der Waals surface area contributed by atoms with Gasteiger partial charge >= 0.3 is 0 Å². The van der Waals surface area contributed by atoms with Crippen molar-refractivity contribution in [3.05, 3.63) is 0 Å². The third kappa shape index (κ3) is 8.72. The zero-order valence-electron chi connectivity index (χ0n) is 9.71. The van der Waals surface area contributed by atoms with Crippen molar-refractivity contribution in [2.75, 3.05) is 31.8 Å². The van der Waals surface area contributed by atoms with E-state index in [-0.39, 0.29) is 19.1 Å². The van der Waals surface area contributed by atoms with Crippen LogP contribution >= 0.6 is 11.8 Å². The summed E-state index contributed by atoms with van der Waals surface area (Å²) in [5.41, 5.74) is -0.828. The lowest BCUT2D eigenvalue weighted by atomic mass is 10.0. The van der Waals surface area contributed by atoms with Gasteiger partial charge in [-0.1, -0.05) is 0 Å². The highest BCUT2D eigenvalue weighted by Gasteiger charge is 2.20. The molecule has 0 heterocycles. The molecule has 0 saturated carbocycles. The van der Waals surface area contributed by atoms with Crippen molar-refractivity contribution in [2.24, 2.45) is 0 Å². The van der Waals surface area contributed by atoms with E-state index in [2.05, 4.69) is 5.32 Å². The molecule has 0 aromatic heterocycles. The van der Waals surface area contributed by atoms with Crippen molar-refractivity contribution in [1.82, 2.24) is 5.32 Å². The molecule has 0 rings (SSSR count). The van der Waals surface area contributed by atoms with Crippen molar-refractivity contribution < 1.29 is 14.6 Å². The van der Waals surface area contributed by atoms with Crippen LogP contribution in [0.4, 0.5) is 0 Å².